The van der Waals surface area contributed by atoms with E-state index in [0.29, 0.717) is 30.6 Å². The lowest BCUT2D eigenvalue weighted by Gasteiger charge is -2.18. The number of aromatic nitrogens is 4. The Hall–Kier alpha value is -4.47. The van der Waals surface area contributed by atoms with Gasteiger partial charge in [0.05, 0.1) is 17.3 Å². The summed E-state index contributed by atoms with van der Waals surface area (Å²) in [7, 11) is 1.81. The fourth-order valence-electron chi connectivity index (χ4n) is 4.51. The van der Waals surface area contributed by atoms with Crippen molar-refractivity contribution in [2.24, 2.45) is 7.05 Å². The van der Waals surface area contributed by atoms with Crippen LogP contribution in [-0.2, 0) is 7.05 Å². The second-order valence-electron chi connectivity index (χ2n) is 8.71. The number of carbonyl (C=O) groups is 3. The number of hydrogen-bond acceptors (Lipinski definition) is 6. The Morgan fingerprint density at radius 2 is 1.94 bits per heavy atom. The summed E-state index contributed by atoms with van der Waals surface area (Å²) in [4.78, 5) is 44.0. The molecular weight excluding hydrogens is 446 g/mol. The molecule has 1 atom stereocenters. The maximum Gasteiger partial charge on any atom is 0.255 e. The van der Waals surface area contributed by atoms with Crippen molar-refractivity contribution in [1.29, 1.82) is 0 Å². The van der Waals surface area contributed by atoms with Crippen molar-refractivity contribution in [3.8, 4) is 11.1 Å². The molecule has 0 bridgehead atoms. The molecule has 10 heteroatoms. The molecule has 5 rings (SSSR count). The van der Waals surface area contributed by atoms with E-state index < -0.39 is 0 Å². The van der Waals surface area contributed by atoms with Crippen molar-refractivity contribution in [2.75, 3.05) is 18.8 Å². The van der Waals surface area contributed by atoms with Crippen molar-refractivity contribution >= 4 is 34.4 Å². The number of aryl methyl sites for hydroxylation is 1. The first-order valence-electron chi connectivity index (χ1n) is 11.3. The highest BCUT2D eigenvalue weighted by molar-refractivity contribution is 6.08. The third kappa shape index (κ3) is 4.14. The van der Waals surface area contributed by atoms with E-state index in [4.69, 9.17) is 5.73 Å². The zero-order valence-electron chi connectivity index (χ0n) is 19.4. The van der Waals surface area contributed by atoms with E-state index in [1.807, 2.05) is 19.3 Å². The quantitative estimate of drug-likeness (QED) is 0.470. The van der Waals surface area contributed by atoms with Gasteiger partial charge in [-0.2, -0.15) is 5.10 Å². The Labute approximate surface area is 201 Å². The predicted molar refractivity (Wildman–Crippen MR) is 131 cm³/mol. The minimum Gasteiger partial charge on any atom is -0.383 e. The Balaban J connectivity index is 1.30. The van der Waals surface area contributed by atoms with Crippen LogP contribution in [0.3, 0.4) is 0 Å². The second kappa shape index (κ2) is 8.71. The van der Waals surface area contributed by atoms with Crippen LogP contribution in [0.15, 0.2) is 55.1 Å². The van der Waals surface area contributed by atoms with Crippen LogP contribution >= 0.6 is 0 Å². The molecule has 3 N–H and O–H groups in total. The smallest absolute Gasteiger partial charge is 0.255 e. The molecule has 178 valence electrons. The molecule has 0 radical (unpaired) electrons. The van der Waals surface area contributed by atoms with E-state index in [1.165, 1.54) is 11.5 Å². The summed E-state index contributed by atoms with van der Waals surface area (Å²) in [5.41, 5.74) is 9.08. The third-order valence-corrected chi connectivity index (χ3v) is 6.31. The molecule has 1 aromatic carbocycles. The summed E-state index contributed by atoms with van der Waals surface area (Å²) >= 11 is 0. The molecule has 35 heavy (non-hydrogen) atoms. The minimum atomic E-state index is -0.333. The summed E-state index contributed by atoms with van der Waals surface area (Å²) in [6, 6.07) is 8.62. The molecule has 0 spiro atoms. The first kappa shape index (κ1) is 22.3. The van der Waals surface area contributed by atoms with Crippen LogP contribution in [-0.4, -0.2) is 61.1 Å². The standard InChI is InChI=1S/C25H25N7O3/c1-15(33)32-9-7-19-20(4-3-5-22(19)32)25(35)31-8-6-18(14-31)29-24(34)21-10-16(11-27-23(21)26)17-12-28-30(2)13-17/h3-5,7,9-13,18H,6,8,14H2,1-2H3,(H2,26,27)(H,29,34)/t18-/m1/s1. The van der Waals surface area contributed by atoms with Gasteiger partial charge in [0.2, 0.25) is 5.91 Å². The van der Waals surface area contributed by atoms with Gasteiger partial charge in [-0.15, -0.1) is 0 Å². The fraction of sp³-hybridized carbons (Fsp3) is 0.240. The highest BCUT2D eigenvalue weighted by atomic mass is 16.2. The number of rotatable bonds is 4. The lowest BCUT2D eigenvalue weighted by Crippen LogP contribution is -2.38. The van der Waals surface area contributed by atoms with Crippen LogP contribution in [0.5, 0.6) is 0 Å². The summed E-state index contributed by atoms with van der Waals surface area (Å²) in [5.74, 6) is -0.438. The van der Waals surface area contributed by atoms with E-state index in [-0.39, 0.29) is 35.1 Å². The molecular formula is C25H25N7O3. The summed E-state index contributed by atoms with van der Waals surface area (Å²) in [6.45, 7) is 2.37. The Bertz CT molecular complexity index is 1470. The number of pyridine rings is 1. The molecule has 1 fully saturated rings. The summed E-state index contributed by atoms with van der Waals surface area (Å²) in [6.07, 6.45) is 7.44. The number of benzene rings is 1. The summed E-state index contributed by atoms with van der Waals surface area (Å²) in [5, 5.41) is 7.87. The molecule has 10 nitrogen and oxygen atoms in total. The Morgan fingerprint density at radius 3 is 2.69 bits per heavy atom. The number of nitrogens with two attached hydrogens (primary N) is 1. The molecule has 1 aliphatic heterocycles. The van der Waals surface area contributed by atoms with E-state index >= 15 is 0 Å². The number of carbonyl (C=O) groups excluding carboxylic acids is 3. The van der Waals surface area contributed by atoms with Gasteiger partial charge in [-0.05, 0) is 30.7 Å². The first-order valence-corrected chi connectivity index (χ1v) is 11.3. The van der Waals surface area contributed by atoms with Crippen molar-refractivity contribution in [1.82, 2.24) is 29.5 Å². The molecule has 0 unspecified atom stereocenters. The van der Waals surface area contributed by atoms with Crippen LogP contribution < -0.4 is 11.1 Å². The maximum atomic E-state index is 13.3. The lowest BCUT2D eigenvalue weighted by molar-refractivity contribution is 0.0784. The number of nitrogens with one attached hydrogen (secondary N) is 1. The SMILES string of the molecule is CC(=O)n1ccc2c(C(=O)N3CC[C@@H](NC(=O)c4cc(-c5cnn(C)c5)cnc4N)C3)cccc21. The van der Waals surface area contributed by atoms with E-state index in [1.54, 1.807) is 52.4 Å². The van der Waals surface area contributed by atoms with Crippen LogP contribution in [0.25, 0.3) is 22.0 Å². The minimum absolute atomic E-state index is 0.116. The molecule has 4 aromatic rings. The van der Waals surface area contributed by atoms with Gasteiger partial charge in [-0.3, -0.25) is 23.6 Å². The van der Waals surface area contributed by atoms with Gasteiger partial charge in [-0.25, -0.2) is 4.98 Å². The molecule has 3 aromatic heterocycles. The zero-order chi connectivity index (χ0) is 24.7. The normalized spacial score (nSPS) is 15.5. The van der Waals surface area contributed by atoms with E-state index in [9.17, 15) is 14.4 Å². The van der Waals surface area contributed by atoms with Crippen molar-refractivity contribution in [3.05, 3.63) is 66.2 Å². The Kier molecular flexibility index (Phi) is 5.56. The number of fused-ring (bicyclic) bond motifs is 1. The average Bonchev–Trinajstić information content (AvgIpc) is 3.58. The van der Waals surface area contributed by atoms with Gasteiger partial charge < -0.3 is 16.0 Å². The third-order valence-electron chi connectivity index (χ3n) is 6.31. The predicted octanol–water partition coefficient (Wildman–Crippen LogP) is 2.32. The molecule has 2 amide bonds. The number of anilines is 1. The van der Waals surface area contributed by atoms with Crippen LogP contribution in [0, 0.1) is 0 Å². The van der Waals surface area contributed by atoms with Gasteiger partial charge in [0, 0.05) is 73.8 Å². The number of likely N-dealkylation sites (tertiary alicyclic amines) is 1. The lowest BCUT2D eigenvalue weighted by atomic mass is 10.1. The molecule has 1 aliphatic rings. The van der Waals surface area contributed by atoms with Crippen LogP contribution in [0.4, 0.5) is 5.82 Å². The van der Waals surface area contributed by atoms with Crippen LogP contribution in [0.2, 0.25) is 0 Å². The number of amides is 2. The van der Waals surface area contributed by atoms with Gasteiger partial charge in [0.25, 0.3) is 11.8 Å². The van der Waals surface area contributed by atoms with Gasteiger partial charge in [-0.1, -0.05) is 6.07 Å². The van der Waals surface area contributed by atoms with Crippen LogP contribution in [0.1, 0.15) is 38.9 Å². The zero-order valence-corrected chi connectivity index (χ0v) is 19.4. The van der Waals surface area contributed by atoms with E-state index in [2.05, 4.69) is 15.4 Å². The summed E-state index contributed by atoms with van der Waals surface area (Å²) < 4.78 is 3.20. The highest BCUT2D eigenvalue weighted by Gasteiger charge is 2.30. The Morgan fingerprint density at radius 1 is 1.11 bits per heavy atom. The van der Waals surface area contributed by atoms with Gasteiger partial charge >= 0.3 is 0 Å². The van der Waals surface area contributed by atoms with E-state index in [0.717, 1.165) is 16.5 Å². The highest BCUT2D eigenvalue weighted by Crippen LogP contribution is 2.25. The largest absolute Gasteiger partial charge is 0.383 e. The van der Waals surface area contributed by atoms with Crippen molar-refractivity contribution in [3.63, 3.8) is 0 Å². The first-order chi connectivity index (χ1) is 16.8. The molecule has 0 saturated carbocycles. The van der Waals surface area contributed by atoms with Gasteiger partial charge in [0.15, 0.2) is 0 Å². The molecule has 0 aliphatic carbocycles. The monoisotopic (exact) mass is 471 g/mol. The number of nitrogen functional groups attached to an aromatic ring is 1. The van der Waals surface area contributed by atoms with Crippen molar-refractivity contribution in [2.45, 2.75) is 19.4 Å². The fourth-order valence-corrected chi connectivity index (χ4v) is 4.51. The number of hydrogen-bond donors (Lipinski definition) is 2. The topological polar surface area (TPSA) is 128 Å². The van der Waals surface area contributed by atoms with Crippen molar-refractivity contribution < 1.29 is 14.4 Å². The molecule has 1 saturated heterocycles. The molecule has 4 heterocycles. The number of nitrogens with zero attached hydrogens (tertiary/aromatic N) is 5. The van der Waals surface area contributed by atoms with Gasteiger partial charge in [0.1, 0.15) is 5.82 Å². The maximum absolute atomic E-state index is 13.3. The second-order valence-corrected chi connectivity index (χ2v) is 8.71. The average molecular weight is 472 g/mol.